The van der Waals surface area contributed by atoms with Gasteiger partial charge >= 0.3 is 0 Å². The van der Waals surface area contributed by atoms with Crippen LogP contribution in [0.15, 0.2) is 58.6 Å². The second-order valence-electron chi connectivity index (χ2n) is 6.76. The minimum atomic E-state index is -3.59. The van der Waals surface area contributed by atoms with Gasteiger partial charge in [-0.25, -0.2) is 12.7 Å². The van der Waals surface area contributed by atoms with Crippen molar-refractivity contribution in [1.82, 2.24) is 24.4 Å². The first-order valence-corrected chi connectivity index (χ1v) is 11.6. The molecule has 30 heavy (non-hydrogen) atoms. The summed E-state index contributed by atoms with van der Waals surface area (Å²) in [7, 11) is 0.969. The molecule has 10 heteroatoms. The van der Waals surface area contributed by atoms with Crippen molar-refractivity contribution in [1.29, 1.82) is 0 Å². The fourth-order valence-electron chi connectivity index (χ4n) is 2.76. The highest BCUT2D eigenvalue weighted by molar-refractivity contribution is 7.99. The van der Waals surface area contributed by atoms with Crippen LogP contribution in [-0.4, -0.2) is 60.3 Å². The van der Waals surface area contributed by atoms with Gasteiger partial charge in [-0.2, -0.15) is 0 Å². The molecule has 0 saturated carbocycles. The van der Waals surface area contributed by atoms with Gasteiger partial charge < -0.3 is 5.32 Å². The van der Waals surface area contributed by atoms with Crippen molar-refractivity contribution >= 4 is 27.7 Å². The monoisotopic (exact) mass is 445 g/mol. The number of hydrogen-bond donors (Lipinski definition) is 1. The Morgan fingerprint density at radius 1 is 1.13 bits per heavy atom. The number of nitrogens with one attached hydrogen (secondary N) is 1. The summed E-state index contributed by atoms with van der Waals surface area (Å²) in [4.78, 5) is 11.9. The van der Waals surface area contributed by atoms with E-state index in [1.165, 1.54) is 30.2 Å². The molecule has 0 aliphatic rings. The topological polar surface area (TPSA) is 97.2 Å². The highest BCUT2D eigenvalue weighted by atomic mass is 32.2. The van der Waals surface area contributed by atoms with E-state index in [0.717, 1.165) is 11.3 Å². The molecule has 0 unspecified atom stereocenters. The van der Waals surface area contributed by atoms with E-state index in [1.54, 1.807) is 31.3 Å². The number of aryl methyl sites for hydroxylation is 1. The van der Waals surface area contributed by atoms with Crippen LogP contribution in [0.2, 0.25) is 0 Å². The lowest BCUT2D eigenvalue weighted by atomic mass is 10.2. The first-order chi connectivity index (χ1) is 14.2. The number of benzene rings is 2. The summed E-state index contributed by atoms with van der Waals surface area (Å²) in [6.45, 7) is 1.98. The van der Waals surface area contributed by atoms with E-state index in [0.29, 0.717) is 16.5 Å². The van der Waals surface area contributed by atoms with Gasteiger partial charge in [0, 0.05) is 32.4 Å². The number of carbonyl (C=O) groups excluding carboxylic acids is 1. The number of nitrogens with zero attached hydrogens (tertiary/aromatic N) is 4. The summed E-state index contributed by atoms with van der Waals surface area (Å²) in [5.41, 5.74) is 2.49. The molecule has 0 radical (unpaired) electrons. The highest BCUT2D eigenvalue weighted by Gasteiger charge is 2.21. The summed E-state index contributed by atoms with van der Waals surface area (Å²) >= 11 is 1.26. The first-order valence-electron chi connectivity index (χ1n) is 9.13. The maximum Gasteiger partial charge on any atom is 0.242 e. The standard InChI is InChI=1S/C20H23N5O3S2/c1-14-7-5-9-16(11-14)25-19(22-23-20(25)29-13-18(26)21-2)15-8-6-10-17(12-15)30(27,28)24(3)4/h5-12H,13H2,1-4H3,(H,21,26). The number of amides is 1. The zero-order valence-electron chi connectivity index (χ0n) is 17.2. The number of aromatic nitrogens is 3. The highest BCUT2D eigenvalue weighted by Crippen LogP contribution is 2.29. The first kappa shape index (κ1) is 22.0. The van der Waals surface area contributed by atoms with Gasteiger partial charge in [-0.05, 0) is 36.8 Å². The largest absolute Gasteiger partial charge is 0.358 e. The average molecular weight is 446 g/mol. The molecule has 0 aliphatic carbocycles. The number of carbonyl (C=O) groups is 1. The minimum absolute atomic E-state index is 0.126. The zero-order chi connectivity index (χ0) is 21.9. The normalized spacial score (nSPS) is 11.6. The molecule has 1 amide bonds. The molecule has 3 aromatic rings. The Hall–Kier alpha value is -2.69. The van der Waals surface area contributed by atoms with Gasteiger partial charge in [0.05, 0.1) is 10.6 Å². The molecule has 0 bridgehead atoms. The van der Waals surface area contributed by atoms with Crippen molar-refractivity contribution in [3.63, 3.8) is 0 Å². The Morgan fingerprint density at radius 3 is 2.53 bits per heavy atom. The van der Waals surface area contributed by atoms with Gasteiger partial charge in [-0.1, -0.05) is 36.0 Å². The average Bonchev–Trinajstić information content (AvgIpc) is 3.16. The molecule has 1 heterocycles. The molecule has 1 aromatic heterocycles. The van der Waals surface area contributed by atoms with Crippen LogP contribution in [-0.2, 0) is 14.8 Å². The maximum absolute atomic E-state index is 12.6. The van der Waals surface area contributed by atoms with Gasteiger partial charge in [-0.3, -0.25) is 9.36 Å². The molecule has 0 saturated heterocycles. The van der Waals surface area contributed by atoms with Crippen LogP contribution >= 0.6 is 11.8 Å². The molecule has 3 rings (SSSR count). The molecule has 2 aromatic carbocycles. The van der Waals surface area contributed by atoms with Gasteiger partial charge in [0.15, 0.2) is 11.0 Å². The van der Waals surface area contributed by atoms with E-state index in [4.69, 9.17) is 0 Å². The SMILES string of the molecule is CNC(=O)CSc1nnc(-c2cccc(S(=O)(=O)N(C)C)c2)n1-c1cccc(C)c1. The van der Waals surface area contributed by atoms with Crippen LogP contribution < -0.4 is 5.32 Å². The lowest BCUT2D eigenvalue weighted by molar-refractivity contribution is -0.118. The van der Waals surface area contributed by atoms with Crippen LogP contribution in [0.5, 0.6) is 0 Å². The lowest BCUT2D eigenvalue weighted by Crippen LogP contribution is -2.22. The van der Waals surface area contributed by atoms with Crippen molar-refractivity contribution < 1.29 is 13.2 Å². The predicted molar refractivity (Wildman–Crippen MR) is 117 cm³/mol. The fourth-order valence-corrected chi connectivity index (χ4v) is 4.53. The van der Waals surface area contributed by atoms with Gasteiger partial charge in [-0.15, -0.1) is 10.2 Å². The molecular weight excluding hydrogens is 422 g/mol. The zero-order valence-corrected chi connectivity index (χ0v) is 18.8. The molecule has 0 aliphatic heterocycles. The Morgan fingerprint density at radius 2 is 1.87 bits per heavy atom. The van der Waals surface area contributed by atoms with Crippen molar-refractivity contribution in [2.75, 3.05) is 26.9 Å². The van der Waals surface area contributed by atoms with E-state index >= 15 is 0 Å². The molecular formula is C20H23N5O3S2. The van der Waals surface area contributed by atoms with E-state index in [2.05, 4.69) is 15.5 Å². The van der Waals surface area contributed by atoms with E-state index in [1.807, 2.05) is 35.8 Å². The Bertz CT molecular complexity index is 1170. The summed E-state index contributed by atoms with van der Waals surface area (Å²) in [6, 6.07) is 14.4. The van der Waals surface area contributed by atoms with Crippen LogP contribution in [0.25, 0.3) is 17.1 Å². The quantitative estimate of drug-likeness (QED) is 0.561. The van der Waals surface area contributed by atoms with Crippen molar-refractivity contribution in [2.24, 2.45) is 0 Å². The van der Waals surface area contributed by atoms with E-state index < -0.39 is 10.0 Å². The number of sulfonamides is 1. The fraction of sp³-hybridized carbons (Fsp3) is 0.250. The third-order valence-corrected chi connectivity index (χ3v) is 7.12. The second-order valence-corrected chi connectivity index (χ2v) is 9.85. The predicted octanol–water partition coefficient (Wildman–Crippen LogP) is 2.33. The summed E-state index contributed by atoms with van der Waals surface area (Å²) in [6.07, 6.45) is 0. The van der Waals surface area contributed by atoms with Gasteiger partial charge in [0.2, 0.25) is 15.9 Å². The number of thioether (sulfide) groups is 1. The van der Waals surface area contributed by atoms with Crippen LogP contribution in [0.4, 0.5) is 0 Å². The van der Waals surface area contributed by atoms with Crippen LogP contribution in [0.3, 0.4) is 0 Å². The van der Waals surface area contributed by atoms with Crippen molar-refractivity contribution in [3.05, 3.63) is 54.1 Å². The Kier molecular flexibility index (Phi) is 6.59. The smallest absolute Gasteiger partial charge is 0.242 e. The Balaban J connectivity index is 2.14. The molecule has 0 spiro atoms. The number of rotatable bonds is 7. The van der Waals surface area contributed by atoms with Gasteiger partial charge in [0.25, 0.3) is 0 Å². The third-order valence-electron chi connectivity index (χ3n) is 4.38. The van der Waals surface area contributed by atoms with Crippen molar-refractivity contribution in [3.8, 4) is 17.1 Å². The Labute approximate surface area is 180 Å². The second kappa shape index (κ2) is 8.99. The summed E-state index contributed by atoms with van der Waals surface area (Å²) in [5.74, 6) is 0.561. The summed E-state index contributed by atoms with van der Waals surface area (Å²) < 4.78 is 28.1. The molecule has 0 atom stereocenters. The molecule has 1 N–H and O–H groups in total. The summed E-state index contributed by atoms with van der Waals surface area (Å²) in [5, 5.41) is 11.7. The molecule has 8 nitrogen and oxygen atoms in total. The number of hydrogen-bond acceptors (Lipinski definition) is 6. The van der Waals surface area contributed by atoms with E-state index in [-0.39, 0.29) is 16.6 Å². The maximum atomic E-state index is 12.6. The minimum Gasteiger partial charge on any atom is -0.358 e. The van der Waals surface area contributed by atoms with Crippen molar-refractivity contribution in [2.45, 2.75) is 17.0 Å². The molecule has 158 valence electrons. The van der Waals surface area contributed by atoms with Crippen LogP contribution in [0.1, 0.15) is 5.56 Å². The van der Waals surface area contributed by atoms with Crippen LogP contribution in [0, 0.1) is 6.92 Å². The molecule has 0 fully saturated rings. The van der Waals surface area contributed by atoms with E-state index in [9.17, 15) is 13.2 Å². The lowest BCUT2D eigenvalue weighted by Gasteiger charge is -2.13. The van der Waals surface area contributed by atoms with Gasteiger partial charge in [0.1, 0.15) is 0 Å². The third kappa shape index (κ3) is 4.55.